The fourth-order valence-corrected chi connectivity index (χ4v) is 3.19. The van der Waals surface area contributed by atoms with Crippen molar-refractivity contribution in [2.75, 3.05) is 13.2 Å². The molecule has 1 unspecified atom stereocenters. The van der Waals surface area contributed by atoms with Crippen LogP contribution in [0.1, 0.15) is 36.0 Å². The Labute approximate surface area is 151 Å². The van der Waals surface area contributed by atoms with Gasteiger partial charge in [-0.05, 0) is 35.7 Å². The molecule has 1 N–H and O–H groups in total. The van der Waals surface area contributed by atoms with Crippen LogP contribution in [0.3, 0.4) is 0 Å². The highest BCUT2D eigenvalue weighted by Gasteiger charge is 2.23. The molecule has 5 heteroatoms. The van der Waals surface area contributed by atoms with Crippen LogP contribution in [0.4, 0.5) is 0 Å². The zero-order chi connectivity index (χ0) is 18.1. The molecule has 4 rings (SSSR count). The molecular weight excluding hydrogens is 330 g/mol. The van der Waals surface area contributed by atoms with Crippen molar-refractivity contribution in [2.24, 2.45) is 5.92 Å². The first-order chi connectivity index (χ1) is 12.6. The van der Waals surface area contributed by atoms with Crippen LogP contribution in [0.2, 0.25) is 0 Å². The lowest BCUT2D eigenvalue weighted by Crippen LogP contribution is -2.31. The second-order valence-electron chi connectivity index (χ2n) is 6.75. The van der Waals surface area contributed by atoms with Crippen LogP contribution in [0, 0.1) is 5.92 Å². The van der Waals surface area contributed by atoms with E-state index in [9.17, 15) is 4.79 Å². The first kappa shape index (κ1) is 16.5. The van der Waals surface area contributed by atoms with E-state index < -0.39 is 0 Å². The van der Waals surface area contributed by atoms with Crippen molar-refractivity contribution < 1.29 is 18.7 Å². The summed E-state index contributed by atoms with van der Waals surface area (Å²) < 4.78 is 16.9. The maximum atomic E-state index is 12.7. The molecule has 0 aliphatic carbocycles. The highest BCUT2D eigenvalue weighted by atomic mass is 16.6. The van der Waals surface area contributed by atoms with E-state index in [0.29, 0.717) is 24.6 Å². The predicted octanol–water partition coefficient (Wildman–Crippen LogP) is 4.33. The summed E-state index contributed by atoms with van der Waals surface area (Å²) in [5.41, 5.74) is 1.69. The fourth-order valence-electron chi connectivity index (χ4n) is 3.19. The summed E-state index contributed by atoms with van der Waals surface area (Å²) in [5.74, 6) is 1.75. The van der Waals surface area contributed by atoms with Gasteiger partial charge in [0.15, 0.2) is 17.3 Å². The molecule has 2 heterocycles. The average molecular weight is 351 g/mol. The highest BCUT2D eigenvalue weighted by Crippen LogP contribution is 2.34. The molecule has 3 aromatic rings. The molecule has 0 fully saturated rings. The Morgan fingerprint density at radius 2 is 1.77 bits per heavy atom. The predicted molar refractivity (Wildman–Crippen MR) is 98.7 cm³/mol. The lowest BCUT2D eigenvalue weighted by molar-refractivity contribution is 0.0899. The Morgan fingerprint density at radius 3 is 2.54 bits per heavy atom. The lowest BCUT2D eigenvalue weighted by atomic mass is 9.95. The van der Waals surface area contributed by atoms with Crippen LogP contribution >= 0.6 is 0 Å². The van der Waals surface area contributed by atoms with E-state index in [2.05, 4.69) is 19.2 Å². The third-order valence-corrected chi connectivity index (χ3v) is 4.53. The van der Waals surface area contributed by atoms with Gasteiger partial charge in [-0.25, -0.2) is 0 Å². The van der Waals surface area contributed by atoms with Crippen LogP contribution in [0.25, 0.3) is 11.0 Å². The molecule has 1 aliphatic rings. The molecule has 0 radical (unpaired) electrons. The maximum absolute atomic E-state index is 12.7. The minimum absolute atomic E-state index is 0.161. The Hall–Kier alpha value is -2.95. The van der Waals surface area contributed by atoms with Crippen LogP contribution in [0.5, 0.6) is 11.5 Å². The monoisotopic (exact) mass is 351 g/mol. The van der Waals surface area contributed by atoms with Crippen molar-refractivity contribution >= 4 is 16.9 Å². The normalized spacial score (nSPS) is 14.4. The number of furan rings is 1. The van der Waals surface area contributed by atoms with Gasteiger partial charge in [-0.1, -0.05) is 38.1 Å². The third kappa shape index (κ3) is 3.12. The molecule has 0 saturated heterocycles. The van der Waals surface area contributed by atoms with Crippen molar-refractivity contribution in [1.29, 1.82) is 0 Å². The van der Waals surface area contributed by atoms with Crippen molar-refractivity contribution in [3.63, 3.8) is 0 Å². The number of amides is 1. The summed E-state index contributed by atoms with van der Waals surface area (Å²) >= 11 is 0. The van der Waals surface area contributed by atoms with Gasteiger partial charge in [0.25, 0.3) is 5.91 Å². The van der Waals surface area contributed by atoms with Gasteiger partial charge >= 0.3 is 0 Å². The van der Waals surface area contributed by atoms with E-state index in [4.69, 9.17) is 13.9 Å². The number of nitrogens with one attached hydrogen (secondary N) is 1. The smallest absolute Gasteiger partial charge is 0.287 e. The molecule has 134 valence electrons. The molecule has 1 aromatic heterocycles. The molecular formula is C21H21NO4. The summed E-state index contributed by atoms with van der Waals surface area (Å²) in [6.07, 6.45) is 0. The Bertz CT molecular complexity index is 911. The van der Waals surface area contributed by atoms with E-state index in [0.717, 1.165) is 22.4 Å². The van der Waals surface area contributed by atoms with Gasteiger partial charge in [0.05, 0.1) is 6.04 Å². The number of fused-ring (bicyclic) bond motifs is 2. The van der Waals surface area contributed by atoms with E-state index in [1.807, 2.05) is 42.5 Å². The second-order valence-corrected chi connectivity index (χ2v) is 6.75. The molecule has 0 saturated carbocycles. The quantitative estimate of drug-likeness (QED) is 0.760. The fraction of sp³-hybridized carbons (Fsp3) is 0.286. The van der Waals surface area contributed by atoms with Crippen molar-refractivity contribution in [3.05, 3.63) is 59.9 Å². The zero-order valence-corrected chi connectivity index (χ0v) is 14.8. The number of rotatable bonds is 4. The number of carbonyl (C=O) groups is 1. The number of hydrogen-bond acceptors (Lipinski definition) is 4. The Morgan fingerprint density at radius 1 is 1.00 bits per heavy atom. The van der Waals surface area contributed by atoms with Gasteiger partial charge in [0, 0.05) is 5.39 Å². The van der Waals surface area contributed by atoms with Crippen molar-refractivity contribution in [3.8, 4) is 11.5 Å². The van der Waals surface area contributed by atoms with E-state index in [1.54, 1.807) is 6.07 Å². The minimum Gasteiger partial charge on any atom is -0.486 e. The van der Waals surface area contributed by atoms with Gasteiger partial charge in [-0.2, -0.15) is 0 Å². The van der Waals surface area contributed by atoms with Crippen LogP contribution in [0.15, 0.2) is 52.9 Å². The lowest BCUT2D eigenvalue weighted by Gasteiger charge is -2.25. The van der Waals surface area contributed by atoms with E-state index in [1.165, 1.54) is 0 Å². The molecule has 2 aromatic carbocycles. The minimum atomic E-state index is -0.227. The molecule has 1 aliphatic heterocycles. The maximum Gasteiger partial charge on any atom is 0.287 e. The molecule has 1 amide bonds. The average Bonchev–Trinajstić information content (AvgIpc) is 3.09. The van der Waals surface area contributed by atoms with Crippen molar-refractivity contribution in [2.45, 2.75) is 19.9 Å². The van der Waals surface area contributed by atoms with Crippen LogP contribution < -0.4 is 14.8 Å². The van der Waals surface area contributed by atoms with Crippen LogP contribution in [-0.4, -0.2) is 19.1 Å². The highest BCUT2D eigenvalue weighted by molar-refractivity contribution is 5.96. The van der Waals surface area contributed by atoms with Gasteiger partial charge in [-0.15, -0.1) is 0 Å². The molecule has 5 nitrogen and oxygen atoms in total. The Kier molecular flexibility index (Phi) is 4.29. The van der Waals surface area contributed by atoms with E-state index in [-0.39, 0.29) is 17.9 Å². The standard InChI is InChI=1S/C21H21NO4/c1-13(2)20(15-7-8-17-18(12-15)25-10-9-24-17)22-21(23)19-11-14-5-3-4-6-16(14)26-19/h3-8,11-13,20H,9-10H2,1-2H3,(H,22,23). The first-order valence-corrected chi connectivity index (χ1v) is 8.81. The van der Waals surface area contributed by atoms with Gasteiger partial charge in [-0.3, -0.25) is 4.79 Å². The number of ether oxygens (including phenoxy) is 2. The van der Waals surface area contributed by atoms with Crippen LogP contribution in [-0.2, 0) is 0 Å². The SMILES string of the molecule is CC(C)C(NC(=O)c1cc2ccccc2o1)c1ccc2c(c1)OCCO2. The third-order valence-electron chi connectivity index (χ3n) is 4.53. The van der Waals surface area contributed by atoms with Crippen molar-refractivity contribution in [1.82, 2.24) is 5.32 Å². The summed E-state index contributed by atoms with van der Waals surface area (Å²) in [6.45, 7) is 5.23. The van der Waals surface area contributed by atoms with E-state index >= 15 is 0 Å². The van der Waals surface area contributed by atoms with Gasteiger partial charge in [0.1, 0.15) is 18.8 Å². The van der Waals surface area contributed by atoms with Gasteiger partial charge < -0.3 is 19.2 Å². The topological polar surface area (TPSA) is 60.7 Å². The molecule has 1 atom stereocenters. The molecule has 26 heavy (non-hydrogen) atoms. The largest absolute Gasteiger partial charge is 0.486 e. The molecule has 0 bridgehead atoms. The molecule has 0 spiro atoms. The summed E-state index contributed by atoms with van der Waals surface area (Å²) in [5, 5.41) is 4.00. The number of carbonyl (C=O) groups excluding carboxylic acids is 1. The van der Waals surface area contributed by atoms with Gasteiger partial charge in [0.2, 0.25) is 0 Å². The summed E-state index contributed by atoms with van der Waals surface area (Å²) in [7, 11) is 0. The number of benzene rings is 2. The summed E-state index contributed by atoms with van der Waals surface area (Å²) in [4.78, 5) is 12.7. The Balaban J connectivity index is 1.59. The first-order valence-electron chi connectivity index (χ1n) is 8.81. The number of para-hydroxylation sites is 1. The zero-order valence-electron chi connectivity index (χ0n) is 14.8. The second kappa shape index (κ2) is 6.75. The number of hydrogen-bond donors (Lipinski definition) is 1. The summed E-state index contributed by atoms with van der Waals surface area (Å²) in [6, 6.07) is 15.0.